The van der Waals surface area contributed by atoms with Gasteiger partial charge in [0.2, 0.25) is 0 Å². The van der Waals surface area contributed by atoms with Gasteiger partial charge in [0.25, 0.3) is 5.91 Å². The molecule has 2 rings (SSSR count). The summed E-state index contributed by atoms with van der Waals surface area (Å²) < 4.78 is 39.7. The van der Waals surface area contributed by atoms with Crippen LogP contribution in [0.5, 0.6) is 11.5 Å². The number of amides is 1. The van der Waals surface area contributed by atoms with E-state index in [2.05, 4.69) is 10.1 Å². The molecule has 2 N–H and O–H groups in total. The number of nitrogens with one attached hydrogen (secondary N) is 1. The van der Waals surface area contributed by atoms with Crippen molar-refractivity contribution < 1.29 is 27.8 Å². The van der Waals surface area contributed by atoms with Crippen molar-refractivity contribution in [2.45, 2.75) is 6.36 Å². The number of rotatable bonds is 3. The van der Waals surface area contributed by atoms with Gasteiger partial charge in [0.15, 0.2) is 0 Å². The maximum Gasteiger partial charge on any atom is 0.573 e. The fourth-order valence-electron chi connectivity index (χ4n) is 1.59. The number of hydrogen-bond acceptors (Lipinski definition) is 3. The molecule has 21 heavy (non-hydrogen) atoms. The molecule has 2 aromatic carbocycles. The molecule has 0 spiro atoms. The molecule has 0 aliphatic heterocycles. The third-order valence-electron chi connectivity index (χ3n) is 2.45. The van der Waals surface area contributed by atoms with E-state index in [0.29, 0.717) is 5.69 Å². The summed E-state index contributed by atoms with van der Waals surface area (Å²) in [6.45, 7) is 0. The quantitative estimate of drug-likeness (QED) is 0.911. The van der Waals surface area contributed by atoms with Crippen LogP contribution < -0.4 is 10.1 Å². The zero-order valence-electron chi connectivity index (χ0n) is 10.5. The summed E-state index contributed by atoms with van der Waals surface area (Å²) in [5.41, 5.74) is 0.531. The largest absolute Gasteiger partial charge is 0.573 e. The van der Waals surface area contributed by atoms with Gasteiger partial charge >= 0.3 is 6.36 Å². The van der Waals surface area contributed by atoms with Crippen LogP contribution in [0, 0.1) is 0 Å². The van der Waals surface area contributed by atoms with Crippen LogP contribution in [0.3, 0.4) is 0 Å². The minimum atomic E-state index is -4.77. The van der Waals surface area contributed by atoms with Crippen LogP contribution in [0.4, 0.5) is 18.9 Å². The fourth-order valence-corrected chi connectivity index (χ4v) is 1.59. The Kier molecular flexibility index (Phi) is 4.02. The van der Waals surface area contributed by atoms with Crippen LogP contribution in [0.25, 0.3) is 0 Å². The predicted molar refractivity (Wildman–Crippen MR) is 69.2 cm³/mol. The zero-order chi connectivity index (χ0) is 15.5. The highest BCUT2D eigenvalue weighted by Gasteiger charge is 2.31. The van der Waals surface area contributed by atoms with Crippen molar-refractivity contribution in [1.82, 2.24) is 0 Å². The van der Waals surface area contributed by atoms with Gasteiger partial charge in [-0.3, -0.25) is 4.79 Å². The van der Waals surface area contributed by atoms with Gasteiger partial charge in [0.05, 0.1) is 0 Å². The molecule has 0 heterocycles. The number of halogens is 3. The Bertz CT molecular complexity index is 639. The van der Waals surface area contributed by atoms with E-state index in [1.807, 2.05) is 0 Å². The molecule has 7 heteroatoms. The van der Waals surface area contributed by atoms with E-state index in [-0.39, 0.29) is 11.3 Å². The first-order valence-corrected chi connectivity index (χ1v) is 5.80. The average molecular weight is 297 g/mol. The van der Waals surface area contributed by atoms with Gasteiger partial charge in [0.1, 0.15) is 11.5 Å². The summed E-state index contributed by atoms with van der Waals surface area (Å²) in [7, 11) is 0. The zero-order valence-corrected chi connectivity index (χ0v) is 10.5. The van der Waals surface area contributed by atoms with E-state index in [1.165, 1.54) is 24.3 Å². The number of benzene rings is 2. The van der Waals surface area contributed by atoms with Crippen LogP contribution in [-0.4, -0.2) is 17.4 Å². The Balaban J connectivity index is 2.06. The van der Waals surface area contributed by atoms with Gasteiger partial charge in [-0.25, -0.2) is 0 Å². The number of hydrogen-bond donors (Lipinski definition) is 2. The molecule has 1 amide bonds. The van der Waals surface area contributed by atoms with Crippen LogP contribution in [-0.2, 0) is 0 Å². The number of phenolic OH excluding ortho intramolecular Hbond substituents is 1. The van der Waals surface area contributed by atoms with Gasteiger partial charge in [-0.2, -0.15) is 0 Å². The number of carbonyl (C=O) groups excluding carboxylic acids is 1. The molecule has 0 bridgehead atoms. The molecule has 2 aromatic rings. The Labute approximate surface area is 117 Å². The average Bonchev–Trinajstić information content (AvgIpc) is 2.37. The van der Waals surface area contributed by atoms with Crippen molar-refractivity contribution in [1.29, 1.82) is 0 Å². The maximum atomic E-state index is 12.0. The van der Waals surface area contributed by atoms with Crippen molar-refractivity contribution in [2.75, 3.05) is 5.32 Å². The second kappa shape index (κ2) is 5.74. The third-order valence-corrected chi connectivity index (χ3v) is 2.45. The SMILES string of the molecule is O=C(Nc1cccc(O)c1)c1ccc(OC(F)(F)F)cc1. The maximum absolute atomic E-state index is 12.0. The Morgan fingerprint density at radius 1 is 1.10 bits per heavy atom. The third kappa shape index (κ3) is 4.41. The first kappa shape index (κ1) is 14.7. The van der Waals surface area contributed by atoms with E-state index in [9.17, 15) is 23.1 Å². The normalized spacial score (nSPS) is 11.0. The van der Waals surface area contributed by atoms with Crippen molar-refractivity contribution in [3.8, 4) is 11.5 Å². The number of carbonyl (C=O) groups is 1. The molecule has 110 valence electrons. The predicted octanol–water partition coefficient (Wildman–Crippen LogP) is 3.54. The van der Waals surface area contributed by atoms with Gasteiger partial charge < -0.3 is 15.2 Å². The molecular formula is C14H10F3NO3. The molecule has 0 aromatic heterocycles. The van der Waals surface area contributed by atoms with E-state index in [4.69, 9.17) is 0 Å². The number of phenols is 1. The lowest BCUT2D eigenvalue weighted by molar-refractivity contribution is -0.274. The van der Waals surface area contributed by atoms with Crippen molar-refractivity contribution in [3.63, 3.8) is 0 Å². The molecule has 0 unspecified atom stereocenters. The topological polar surface area (TPSA) is 58.6 Å². The minimum absolute atomic E-state index is 0.0123. The second-order valence-corrected chi connectivity index (χ2v) is 4.08. The van der Waals surface area contributed by atoms with Gasteiger partial charge in [-0.1, -0.05) is 6.07 Å². The van der Waals surface area contributed by atoms with Gasteiger partial charge in [-0.05, 0) is 36.4 Å². The van der Waals surface area contributed by atoms with E-state index < -0.39 is 18.0 Å². The fraction of sp³-hybridized carbons (Fsp3) is 0.0714. The van der Waals surface area contributed by atoms with Crippen LogP contribution in [0.2, 0.25) is 0 Å². The highest BCUT2D eigenvalue weighted by atomic mass is 19.4. The Morgan fingerprint density at radius 3 is 2.33 bits per heavy atom. The van der Waals surface area contributed by atoms with E-state index >= 15 is 0 Å². The summed E-state index contributed by atoms with van der Waals surface area (Å²) in [6, 6.07) is 10.4. The highest BCUT2D eigenvalue weighted by molar-refractivity contribution is 6.04. The van der Waals surface area contributed by atoms with E-state index in [0.717, 1.165) is 12.1 Å². The molecular weight excluding hydrogens is 287 g/mol. The standard InChI is InChI=1S/C14H10F3NO3/c15-14(16,17)21-12-6-4-9(5-7-12)13(20)18-10-2-1-3-11(19)8-10/h1-8,19H,(H,18,20). The van der Waals surface area contributed by atoms with Crippen LogP contribution in [0.15, 0.2) is 48.5 Å². The minimum Gasteiger partial charge on any atom is -0.508 e. The second-order valence-electron chi connectivity index (χ2n) is 4.08. The first-order valence-electron chi connectivity index (χ1n) is 5.80. The lowest BCUT2D eigenvalue weighted by Crippen LogP contribution is -2.17. The Hall–Kier alpha value is -2.70. The molecule has 0 saturated carbocycles. The summed E-state index contributed by atoms with van der Waals surface area (Å²) in [4.78, 5) is 11.9. The number of ether oxygens (including phenoxy) is 1. The van der Waals surface area contributed by atoms with Crippen molar-refractivity contribution >= 4 is 11.6 Å². The molecule has 0 fully saturated rings. The number of aromatic hydroxyl groups is 1. The highest BCUT2D eigenvalue weighted by Crippen LogP contribution is 2.23. The monoisotopic (exact) mass is 297 g/mol. The van der Waals surface area contributed by atoms with Crippen LogP contribution >= 0.6 is 0 Å². The Morgan fingerprint density at radius 2 is 1.76 bits per heavy atom. The molecule has 0 atom stereocenters. The molecule has 0 aliphatic carbocycles. The summed E-state index contributed by atoms with van der Waals surface area (Å²) in [5, 5.41) is 11.8. The van der Waals surface area contributed by atoms with Crippen molar-refractivity contribution in [2.24, 2.45) is 0 Å². The van der Waals surface area contributed by atoms with Crippen molar-refractivity contribution in [3.05, 3.63) is 54.1 Å². The van der Waals surface area contributed by atoms with Gasteiger partial charge in [0, 0.05) is 17.3 Å². The van der Waals surface area contributed by atoms with E-state index in [1.54, 1.807) is 12.1 Å². The molecule has 0 aliphatic rings. The molecule has 0 radical (unpaired) electrons. The van der Waals surface area contributed by atoms with Gasteiger partial charge in [-0.15, -0.1) is 13.2 Å². The summed E-state index contributed by atoms with van der Waals surface area (Å²) in [6.07, 6.45) is -4.77. The number of anilines is 1. The summed E-state index contributed by atoms with van der Waals surface area (Å²) in [5.74, 6) is -0.933. The summed E-state index contributed by atoms with van der Waals surface area (Å²) >= 11 is 0. The smallest absolute Gasteiger partial charge is 0.508 e. The lowest BCUT2D eigenvalue weighted by Gasteiger charge is -2.09. The van der Waals surface area contributed by atoms with Crippen LogP contribution in [0.1, 0.15) is 10.4 Å². The number of alkyl halides is 3. The molecule has 4 nitrogen and oxygen atoms in total. The molecule has 0 saturated heterocycles. The first-order chi connectivity index (χ1) is 9.83. The lowest BCUT2D eigenvalue weighted by atomic mass is 10.2.